The van der Waals surface area contributed by atoms with Crippen LogP contribution in [-0.4, -0.2) is 16.0 Å². The molecule has 118 valence electrons. The predicted molar refractivity (Wildman–Crippen MR) is 83.4 cm³/mol. The number of ether oxygens (including phenoxy) is 1. The van der Waals surface area contributed by atoms with E-state index < -0.39 is 16.5 Å². The lowest BCUT2D eigenvalue weighted by Crippen LogP contribution is -2.33. The summed E-state index contributed by atoms with van der Waals surface area (Å²) in [6.45, 7) is 1.85. The lowest BCUT2D eigenvalue weighted by atomic mass is 9.82. The minimum atomic E-state index is -0.887. The third kappa shape index (κ3) is 2.63. The van der Waals surface area contributed by atoms with Gasteiger partial charge < -0.3 is 9.84 Å². The van der Waals surface area contributed by atoms with Crippen LogP contribution >= 0.6 is 0 Å². The lowest BCUT2D eigenvalue weighted by molar-refractivity contribution is -0.384. The van der Waals surface area contributed by atoms with E-state index in [0.717, 1.165) is 11.1 Å². The van der Waals surface area contributed by atoms with Gasteiger partial charge in [-0.25, -0.2) is 0 Å². The van der Waals surface area contributed by atoms with Gasteiger partial charge in [-0.05, 0) is 18.6 Å². The Balaban J connectivity index is 2.12. The van der Waals surface area contributed by atoms with E-state index in [2.05, 4.69) is 0 Å². The Labute approximate surface area is 132 Å². The van der Waals surface area contributed by atoms with Crippen LogP contribution in [0.3, 0.4) is 0 Å². The van der Waals surface area contributed by atoms with Crippen molar-refractivity contribution in [3.05, 3.63) is 58.1 Å². The van der Waals surface area contributed by atoms with Gasteiger partial charge in [0, 0.05) is 36.1 Å². The van der Waals surface area contributed by atoms with Gasteiger partial charge in [0.25, 0.3) is 5.69 Å². The Bertz CT molecular complexity index is 801. The summed E-state index contributed by atoms with van der Waals surface area (Å²) in [6, 6.07) is 11.9. The van der Waals surface area contributed by atoms with Crippen LogP contribution in [0.25, 0.3) is 11.1 Å². The van der Waals surface area contributed by atoms with E-state index in [1.165, 1.54) is 12.1 Å². The maximum Gasteiger partial charge on any atom is 0.303 e. The summed E-state index contributed by atoms with van der Waals surface area (Å²) in [4.78, 5) is 21.5. The minimum Gasteiger partial charge on any atom is -0.482 e. The van der Waals surface area contributed by atoms with Crippen molar-refractivity contribution >= 4 is 11.7 Å². The molecule has 2 aromatic carbocycles. The molecule has 23 heavy (non-hydrogen) atoms. The van der Waals surface area contributed by atoms with Crippen molar-refractivity contribution in [2.75, 3.05) is 0 Å². The predicted octanol–water partition coefficient (Wildman–Crippen LogP) is 3.73. The fourth-order valence-corrected chi connectivity index (χ4v) is 2.94. The first-order chi connectivity index (χ1) is 10.9. The molecule has 1 aliphatic rings. The number of hydrogen-bond donors (Lipinski definition) is 1. The van der Waals surface area contributed by atoms with E-state index >= 15 is 0 Å². The summed E-state index contributed by atoms with van der Waals surface area (Å²) in [5, 5.41) is 20.0. The van der Waals surface area contributed by atoms with Gasteiger partial charge in [-0.1, -0.05) is 24.3 Å². The standard InChI is InChI=1S/C17H15NO5/c1-17(9-8-16(19)20)14-5-3-2-4-12(14)13-10-11(18(21)22)6-7-15(13)23-17/h2-7,10H,8-9H2,1H3,(H,19,20). The number of carbonyl (C=O) groups is 1. The molecule has 1 heterocycles. The van der Waals surface area contributed by atoms with Crippen LogP contribution in [0.2, 0.25) is 0 Å². The molecule has 6 heteroatoms. The number of hydrogen-bond acceptors (Lipinski definition) is 4. The fraction of sp³-hybridized carbons (Fsp3) is 0.235. The van der Waals surface area contributed by atoms with Gasteiger partial charge in [-0.2, -0.15) is 0 Å². The zero-order valence-corrected chi connectivity index (χ0v) is 12.5. The summed E-state index contributed by atoms with van der Waals surface area (Å²) in [5.41, 5.74) is 1.55. The van der Waals surface area contributed by atoms with Gasteiger partial charge in [0.1, 0.15) is 11.4 Å². The monoisotopic (exact) mass is 313 g/mol. The Hall–Kier alpha value is -2.89. The van der Waals surface area contributed by atoms with Crippen LogP contribution in [0.4, 0.5) is 5.69 Å². The van der Waals surface area contributed by atoms with Crippen LogP contribution in [0.1, 0.15) is 25.3 Å². The maximum absolute atomic E-state index is 11.0. The molecule has 2 aromatic rings. The molecule has 0 amide bonds. The Morgan fingerprint density at radius 2 is 2.00 bits per heavy atom. The molecule has 0 spiro atoms. The first-order valence-electron chi connectivity index (χ1n) is 7.20. The van der Waals surface area contributed by atoms with Crippen LogP contribution in [0.5, 0.6) is 5.75 Å². The van der Waals surface area contributed by atoms with Crippen LogP contribution < -0.4 is 4.74 Å². The number of nitrogens with zero attached hydrogens (tertiary/aromatic N) is 1. The molecule has 6 nitrogen and oxygen atoms in total. The molecule has 0 aliphatic carbocycles. The number of nitro groups is 1. The second kappa shape index (κ2) is 5.39. The van der Waals surface area contributed by atoms with Gasteiger partial charge in [-0.15, -0.1) is 0 Å². The number of carboxylic acids is 1. The average molecular weight is 313 g/mol. The molecular weight excluding hydrogens is 298 g/mol. The zero-order chi connectivity index (χ0) is 16.6. The molecule has 1 unspecified atom stereocenters. The van der Waals surface area contributed by atoms with Gasteiger partial charge in [0.15, 0.2) is 0 Å². The van der Waals surface area contributed by atoms with E-state index in [9.17, 15) is 14.9 Å². The zero-order valence-electron chi connectivity index (χ0n) is 12.5. The van der Waals surface area contributed by atoms with Crippen molar-refractivity contribution in [3.63, 3.8) is 0 Å². The highest BCUT2D eigenvalue weighted by Crippen LogP contribution is 2.47. The largest absolute Gasteiger partial charge is 0.482 e. The van der Waals surface area contributed by atoms with Crippen molar-refractivity contribution < 1.29 is 19.6 Å². The van der Waals surface area contributed by atoms with E-state index in [1.807, 2.05) is 31.2 Å². The third-order valence-corrected chi connectivity index (χ3v) is 4.11. The number of aliphatic carboxylic acids is 1. The van der Waals surface area contributed by atoms with E-state index in [-0.39, 0.29) is 12.1 Å². The first kappa shape index (κ1) is 15.0. The average Bonchev–Trinajstić information content (AvgIpc) is 2.53. The normalized spacial score (nSPS) is 18.5. The topological polar surface area (TPSA) is 89.7 Å². The molecule has 1 atom stereocenters. The first-order valence-corrected chi connectivity index (χ1v) is 7.20. The molecule has 3 rings (SSSR count). The van der Waals surface area contributed by atoms with Gasteiger partial charge in [0.05, 0.1) is 4.92 Å². The number of fused-ring (bicyclic) bond motifs is 3. The smallest absolute Gasteiger partial charge is 0.303 e. The van der Waals surface area contributed by atoms with E-state index in [4.69, 9.17) is 9.84 Å². The summed E-state index contributed by atoms with van der Waals surface area (Å²) in [5.74, 6) is -0.357. The Morgan fingerprint density at radius 1 is 1.26 bits per heavy atom. The van der Waals surface area contributed by atoms with Crippen molar-refractivity contribution in [2.24, 2.45) is 0 Å². The quantitative estimate of drug-likeness (QED) is 0.686. The molecule has 0 bridgehead atoms. The maximum atomic E-state index is 11.0. The molecule has 1 N–H and O–H groups in total. The van der Waals surface area contributed by atoms with Gasteiger partial charge >= 0.3 is 5.97 Å². The number of carboxylic acid groups (broad SMARTS) is 1. The summed E-state index contributed by atoms with van der Waals surface area (Å²) < 4.78 is 6.05. The van der Waals surface area contributed by atoms with E-state index in [1.54, 1.807) is 6.07 Å². The Morgan fingerprint density at radius 3 is 2.70 bits per heavy atom. The molecule has 0 saturated heterocycles. The molecule has 0 saturated carbocycles. The minimum absolute atomic E-state index is 0.00343. The number of nitro benzene ring substituents is 1. The van der Waals surface area contributed by atoms with Crippen molar-refractivity contribution in [1.82, 2.24) is 0 Å². The van der Waals surface area contributed by atoms with Crippen LogP contribution in [-0.2, 0) is 10.4 Å². The highest BCUT2D eigenvalue weighted by Gasteiger charge is 2.37. The summed E-state index contributed by atoms with van der Waals surface area (Å²) in [6.07, 6.45) is 0.295. The molecular formula is C17H15NO5. The molecule has 0 aromatic heterocycles. The fourth-order valence-electron chi connectivity index (χ4n) is 2.94. The molecule has 0 fully saturated rings. The van der Waals surface area contributed by atoms with Gasteiger partial charge in [-0.3, -0.25) is 14.9 Å². The Kier molecular flexibility index (Phi) is 3.52. The molecule has 1 aliphatic heterocycles. The van der Waals surface area contributed by atoms with Crippen molar-refractivity contribution in [1.29, 1.82) is 0 Å². The van der Waals surface area contributed by atoms with Crippen LogP contribution in [0.15, 0.2) is 42.5 Å². The highest BCUT2D eigenvalue weighted by molar-refractivity contribution is 5.78. The SMILES string of the molecule is CC1(CCC(=O)O)Oc2ccc([N+](=O)[O-])cc2-c2ccccc21. The third-order valence-electron chi connectivity index (χ3n) is 4.11. The molecule has 0 radical (unpaired) electrons. The number of rotatable bonds is 4. The number of benzene rings is 2. The lowest BCUT2D eigenvalue weighted by Gasteiger charge is -2.37. The van der Waals surface area contributed by atoms with Gasteiger partial charge in [0.2, 0.25) is 0 Å². The second-order valence-corrected chi connectivity index (χ2v) is 5.71. The summed E-state index contributed by atoms with van der Waals surface area (Å²) in [7, 11) is 0. The highest BCUT2D eigenvalue weighted by atomic mass is 16.6. The van der Waals surface area contributed by atoms with E-state index in [0.29, 0.717) is 17.7 Å². The van der Waals surface area contributed by atoms with Crippen LogP contribution in [0, 0.1) is 10.1 Å². The number of non-ortho nitro benzene ring substituents is 1. The second-order valence-electron chi connectivity index (χ2n) is 5.71. The summed E-state index contributed by atoms with van der Waals surface area (Å²) >= 11 is 0. The van der Waals surface area contributed by atoms with Crippen molar-refractivity contribution in [3.8, 4) is 16.9 Å². The van der Waals surface area contributed by atoms with Crippen molar-refractivity contribution in [2.45, 2.75) is 25.4 Å².